The molecule has 0 unspecified atom stereocenters. The minimum absolute atomic E-state index is 0.311. The van der Waals surface area contributed by atoms with Gasteiger partial charge in [0.05, 0.1) is 6.61 Å². The third-order valence-corrected chi connectivity index (χ3v) is 1.31. The van der Waals surface area contributed by atoms with Crippen molar-refractivity contribution >= 4 is 5.82 Å². The van der Waals surface area contributed by atoms with Crippen LogP contribution in [-0.4, -0.2) is 21.6 Å². The number of ether oxygens (including phenoxy) is 1. The summed E-state index contributed by atoms with van der Waals surface area (Å²) in [5.74, 6) is -0.745. The van der Waals surface area contributed by atoms with E-state index in [2.05, 4.69) is 4.98 Å². The van der Waals surface area contributed by atoms with E-state index in [4.69, 9.17) is 9.84 Å². The van der Waals surface area contributed by atoms with Crippen LogP contribution in [-0.2, 0) is 0 Å². The Hall–Kier alpha value is -1.85. The van der Waals surface area contributed by atoms with Crippen molar-refractivity contribution in [1.82, 2.24) is 4.98 Å². The summed E-state index contributed by atoms with van der Waals surface area (Å²) < 4.78 is 4.98. The summed E-state index contributed by atoms with van der Waals surface area (Å²) in [5.41, 5.74) is 0. The predicted octanol–water partition coefficient (Wildman–Crippen LogP) is 1.09. The maximum absolute atomic E-state index is 10.2. The van der Waals surface area contributed by atoms with Crippen molar-refractivity contribution in [2.24, 2.45) is 0 Å². The highest BCUT2D eigenvalue weighted by molar-refractivity contribution is 5.42. The van der Waals surface area contributed by atoms with Crippen LogP contribution in [0.4, 0.5) is 5.82 Å². The normalized spacial score (nSPS) is 9.62. The zero-order valence-corrected chi connectivity index (χ0v) is 6.93. The topological polar surface area (TPSA) is 85.5 Å². The van der Waals surface area contributed by atoms with Gasteiger partial charge >= 0.3 is 5.82 Å². The molecule has 0 bridgehead atoms. The van der Waals surface area contributed by atoms with Gasteiger partial charge in [0.1, 0.15) is 0 Å². The largest absolute Gasteiger partial charge is 0.501 e. The molecule has 0 aliphatic heterocycles. The Balaban J connectivity index is 2.98. The molecule has 0 spiro atoms. The van der Waals surface area contributed by atoms with Gasteiger partial charge in [-0.3, -0.25) is 0 Å². The maximum Gasteiger partial charge on any atom is 0.406 e. The van der Waals surface area contributed by atoms with Gasteiger partial charge in [-0.15, -0.1) is 0 Å². The highest BCUT2D eigenvalue weighted by Gasteiger charge is 2.15. The van der Waals surface area contributed by atoms with Crippen molar-refractivity contribution in [2.45, 2.75) is 6.92 Å². The molecule has 1 rings (SSSR count). The summed E-state index contributed by atoms with van der Waals surface area (Å²) in [4.78, 5) is 12.9. The van der Waals surface area contributed by atoms with Crippen LogP contribution in [0.1, 0.15) is 6.92 Å². The third kappa shape index (κ3) is 2.05. The van der Waals surface area contributed by atoms with Crippen molar-refractivity contribution in [3.63, 3.8) is 0 Å². The van der Waals surface area contributed by atoms with Crippen LogP contribution in [0.25, 0.3) is 0 Å². The van der Waals surface area contributed by atoms with E-state index in [1.165, 1.54) is 6.20 Å². The molecule has 6 nitrogen and oxygen atoms in total. The standard InChI is InChI=1S/C7H8N2O4/c1-2-13-5-3-6(10)7(8-4-5)9(11)12/h3-4,10H,2H2,1H3. The molecule has 70 valence electrons. The third-order valence-electron chi connectivity index (χ3n) is 1.31. The Morgan fingerprint density at radius 2 is 2.46 bits per heavy atom. The molecule has 0 aromatic carbocycles. The van der Waals surface area contributed by atoms with Crippen LogP contribution < -0.4 is 4.74 Å². The lowest BCUT2D eigenvalue weighted by atomic mass is 10.4. The van der Waals surface area contributed by atoms with Crippen LogP contribution in [0.2, 0.25) is 0 Å². The van der Waals surface area contributed by atoms with Crippen molar-refractivity contribution < 1.29 is 14.8 Å². The molecule has 1 N–H and O–H groups in total. The molecule has 0 amide bonds. The second-order valence-corrected chi connectivity index (χ2v) is 2.20. The number of hydrogen-bond donors (Lipinski definition) is 1. The van der Waals surface area contributed by atoms with Crippen molar-refractivity contribution in [1.29, 1.82) is 0 Å². The lowest BCUT2D eigenvalue weighted by Crippen LogP contribution is -1.95. The van der Waals surface area contributed by atoms with Crippen molar-refractivity contribution in [2.75, 3.05) is 6.61 Å². The molecule has 1 aromatic heterocycles. The average molecular weight is 184 g/mol. The Morgan fingerprint density at radius 3 is 2.92 bits per heavy atom. The van der Waals surface area contributed by atoms with Gasteiger partial charge < -0.3 is 20.0 Å². The molecule has 0 saturated carbocycles. The zero-order valence-electron chi connectivity index (χ0n) is 6.93. The fourth-order valence-electron chi connectivity index (χ4n) is 0.814. The summed E-state index contributed by atoms with van der Waals surface area (Å²) in [5, 5.41) is 19.3. The Labute approximate surface area is 73.9 Å². The Bertz CT molecular complexity index is 326. The number of aromatic nitrogens is 1. The maximum atomic E-state index is 10.2. The Kier molecular flexibility index (Phi) is 2.63. The van der Waals surface area contributed by atoms with Crippen molar-refractivity contribution in [3.8, 4) is 11.5 Å². The van der Waals surface area contributed by atoms with E-state index in [1.54, 1.807) is 6.92 Å². The second-order valence-electron chi connectivity index (χ2n) is 2.20. The minimum atomic E-state index is -0.759. The number of aromatic hydroxyl groups is 1. The van der Waals surface area contributed by atoms with Gasteiger partial charge in [0.25, 0.3) is 0 Å². The lowest BCUT2D eigenvalue weighted by molar-refractivity contribution is -0.390. The second kappa shape index (κ2) is 3.70. The SMILES string of the molecule is CCOc1cnc([N+](=O)[O-])c(O)c1. The van der Waals surface area contributed by atoms with Gasteiger partial charge in [-0.1, -0.05) is 0 Å². The predicted molar refractivity (Wildman–Crippen MR) is 43.7 cm³/mol. The molecule has 0 saturated heterocycles. The summed E-state index contributed by atoms with van der Waals surface area (Å²) in [6.07, 6.45) is 1.20. The number of nitrogens with zero attached hydrogens (tertiary/aromatic N) is 2. The molecule has 0 radical (unpaired) electrons. The molecule has 6 heteroatoms. The molecule has 0 atom stereocenters. The van der Waals surface area contributed by atoms with Gasteiger partial charge in [-0.25, -0.2) is 0 Å². The van der Waals surface area contributed by atoms with E-state index in [1.807, 2.05) is 0 Å². The smallest absolute Gasteiger partial charge is 0.406 e. The summed E-state index contributed by atoms with van der Waals surface area (Å²) >= 11 is 0. The number of pyridine rings is 1. The monoisotopic (exact) mass is 184 g/mol. The van der Waals surface area contributed by atoms with Gasteiger partial charge in [0.15, 0.2) is 11.9 Å². The Morgan fingerprint density at radius 1 is 1.77 bits per heavy atom. The minimum Gasteiger partial charge on any atom is -0.501 e. The molecule has 1 aromatic rings. The van der Waals surface area contributed by atoms with E-state index in [0.29, 0.717) is 12.4 Å². The quantitative estimate of drug-likeness (QED) is 0.561. The summed E-state index contributed by atoms with van der Waals surface area (Å²) in [7, 11) is 0. The molecule has 0 aliphatic carbocycles. The first kappa shape index (κ1) is 9.24. The van der Waals surface area contributed by atoms with Crippen LogP contribution in [0.3, 0.4) is 0 Å². The van der Waals surface area contributed by atoms with E-state index in [9.17, 15) is 10.1 Å². The molecule has 13 heavy (non-hydrogen) atoms. The number of rotatable bonds is 3. The van der Waals surface area contributed by atoms with Gasteiger partial charge in [-0.2, -0.15) is 0 Å². The zero-order chi connectivity index (χ0) is 9.84. The first-order valence-corrected chi connectivity index (χ1v) is 3.61. The number of nitro groups is 1. The van der Waals surface area contributed by atoms with Crippen LogP contribution in [0.15, 0.2) is 12.3 Å². The van der Waals surface area contributed by atoms with E-state index < -0.39 is 16.5 Å². The van der Waals surface area contributed by atoms with E-state index in [-0.39, 0.29) is 0 Å². The van der Waals surface area contributed by atoms with Gasteiger partial charge in [0, 0.05) is 6.07 Å². The lowest BCUT2D eigenvalue weighted by Gasteiger charge is -2.00. The first-order chi connectivity index (χ1) is 6.15. The molecule has 0 aliphatic rings. The highest BCUT2D eigenvalue weighted by Crippen LogP contribution is 2.26. The summed E-state index contributed by atoms with van der Waals surface area (Å²) in [6.45, 7) is 2.18. The summed E-state index contributed by atoms with van der Waals surface area (Å²) in [6, 6.07) is 1.16. The fourth-order valence-corrected chi connectivity index (χ4v) is 0.814. The fraction of sp³-hybridized carbons (Fsp3) is 0.286. The number of hydrogen-bond acceptors (Lipinski definition) is 5. The van der Waals surface area contributed by atoms with Gasteiger partial charge in [0.2, 0.25) is 5.75 Å². The first-order valence-electron chi connectivity index (χ1n) is 3.61. The molecule has 1 heterocycles. The molecule has 0 fully saturated rings. The highest BCUT2D eigenvalue weighted by atomic mass is 16.6. The van der Waals surface area contributed by atoms with Crippen LogP contribution in [0, 0.1) is 10.1 Å². The van der Waals surface area contributed by atoms with Gasteiger partial charge in [-0.05, 0) is 16.8 Å². The van der Waals surface area contributed by atoms with E-state index >= 15 is 0 Å². The van der Waals surface area contributed by atoms with E-state index in [0.717, 1.165) is 6.07 Å². The van der Waals surface area contributed by atoms with Crippen LogP contribution >= 0.6 is 0 Å². The van der Waals surface area contributed by atoms with Crippen molar-refractivity contribution in [3.05, 3.63) is 22.4 Å². The average Bonchev–Trinajstić information content (AvgIpc) is 2.04. The van der Waals surface area contributed by atoms with Crippen LogP contribution in [0.5, 0.6) is 11.5 Å². The molecular weight excluding hydrogens is 176 g/mol. The molecular formula is C7H8N2O4.